The number of benzene rings is 2. The zero-order valence-electron chi connectivity index (χ0n) is 22.0. The molecule has 0 aliphatic carbocycles. The second kappa shape index (κ2) is 11.2. The van der Waals surface area contributed by atoms with Gasteiger partial charge in [-0.1, -0.05) is 35.9 Å². The molecular weight excluding hydrogens is 527 g/mol. The summed E-state index contributed by atoms with van der Waals surface area (Å²) >= 11 is 6.63. The fourth-order valence-corrected chi connectivity index (χ4v) is 5.61. The molecule has 0 radical (unpaired) electrons. The molecule has 7 nitrogen and oxygen atoms in total. The van der Waals surface area contributed by atoms with E-state index in [1.165, 1.54) is 11.8 Å². The Morgan fingerprint density at radius 3 is 2.55 bits per heavy atom. The highest BCUT2D eigenvalue weighted by atomic mass is 35.5. The number of fused-ring (bicyclic) bond motifs is 1. The Hall–Kier alpha value is -4.14. The molecule has 9 heteroatoms. The van der Waals surface area contributed by atoms with Crippen molar-refractivity contribution in [1.29, 1.82) is 0 Å². The maximum Gasteiger partial charge on any atom is 0.260 e. The minimum Gasteiger partial charge on any atom is -0.324 e. The average molecular weight is 555 g/mol. The SMILES string of the molecule is CCn1c(=O)c(-c2ccc(-c3cccnc3F)cc2Cl)cc2cnc(Nc3ccc(C4CCNCC4)cc3)nc21. The van der Waals surface area contributed by atoms with Gasteiger partial charge < -0.3 is 10.6 Å². The molecule has 0 unspecified atom stereocenters. The lowest BCUT2D eigenvalue weighted by atomic mass is 9.90. The number of nitrogens with zero attached hydrogens (tertiary/aromatic N) is 4. The molecule has 0 bridgehead atoms. The molecule has 2 aromatic carbocycles. The van der Waals surface area contributed by atoms with Gasteiger partial charge in [0.15, 0.2) is 0 Å². The molecule has 1 aliphatic rings. The number of nitrogens with one attached hydrogen (secondary N) is 2. The van der Waals surface area contributed by atoms with Gasteiger partial charge >= 0.3 is 0 Å². The predicted molar refractivity (Wildman–Crippen MR) is 158 cm³/mol. The van der Waals surface area contributed by atoms with Gasteiger partial charge in [-0.15, -0.1) is 0 Å². The standard InChI is InChI=1S/C31H28ClFN6O/c1-2-39-29-22(18-36-31(38-29)37-23-8-5-19(6-9-23)20-11-14-34-15-12-20)16-26(30(39)40)25-10-7-21(17-27(25)32)24-4-3-13-35-28(24)33/h3-10,13,16-18,20,34H,2,11-12,14-15H2,1H3,(H,36,37,38). The van der Waals surface area contributed by atoms with E-state index in [-0.39, 0.29) is 5.56 Å². The summed E-state index contributed by atoms with van der Waals surface area (Å²) in [5, 5.41) is 7.73. The Morgan fingerprint density at radius 1 is 1.02 bits per heavy atom. The predicted octanol–water partition coefficient (Wildman–Crippen LogP) is 6.54. The number of halogens is 2. The number of pyridine rings is 2. The molecular formula is C31H28ClFN6O. The van der Waals surface area contributed by atoms with Gasteiger partial charge in [0.2, 0.25) is 11.9 Å². The van der Waals surface area contributed by atoms with Crippen molar-refractivity contribution in [2.45, 2.75) is 32.2 Å². The summed E-state index contributed by atoms with van der Waals surface area (Å²) in [4.78, 5) is 26.5. The van der Waals surface area contributed by atoms with Crippen LogP contribution in [0.15, 0.2) is 77.9 Å². The molecule has 0 amide bonds. The molecule has 1 aliphatic heterocycles. The van der Waals surface area contributed by atoms with Gasteiger partial charge in [-0.05, 0) is 86.3 Å². The van der Waals surface area contributed by atoms with Crippen LogP contribution in [-0.2, 0) is 6.54 Å². The average Bonchev–Trinajstić information content (AvgIpc) is 2.98. The van der Waals surface area contributed by atoms with Crippen molar-refractivity contribution in [2.75, 3.05) is 18.4 Å². The number of piperidine rings is 1. The monoisotopic (exact) mass is 554 g/mol. The third-order valence-electron chi connectivity index (χ3n) is 7.45. The maximum absolute atomic E-state index is 14.2. The summed E-state index contributed by atoms with van der Waals surface area (Å²) in [6, 6.07) is 18.6. The van der Waals surface area contributed by atoms with Crippen LogP contribution in [-0.4, -0.2) is 32.6 Å². The number of hydrogen-bond acceptors (Lipinski definition) is 6. The van der Waals surface area contributed by atoms with Crippen molar-refractivity contribution in [3.05, 3.63) is 99.9 Å². The largest absolute Gasteiger partial charge is 0.324 e. The van der Waals surface area contributed by atoms with Gasteiger partial charge in [-0.2, -0.15) is 9.37 Å². The van der Waals surface area contributed by atoms with Gasteiger partial charge in [-0.3, -0.25) is 9.36 Å². The van der Waals surface area contributed by atoms with Crippen molar-refractivity contribution in [3.8, 4) is 22.3 Å². The normalized spacial score (nSPS) is 14.0. The molecule has 2 N–H and O–H groups in total. The minimum atomic E-state index is -0.579. The minimum absolute atomic E-state index is 0.215. The topological polar surface area (TPSA) is 84.7 Å². The van der Waals surface area contributed by atoms with Crippen LogP contribution in [0.3, 0.4) is 0 Å². The highest BCUT2D eigenvalue weighted by molar-refractivity contribution is 6.33. The van der Waals surface area contributed by atoms with E-state index in [1.54, 1.807) is 47.2 Å². The summed E-state index contributed by atoms with van der Waals surface area (Å²) in [5.41, 5.74) is 4.45. The highest BCUT2D eigenvalue weighted by Gasteiger charge is 2.17. The van der Waals surface area contributed by atoms with E-state index < -0.39 is 5.95 Å². The molecule has 0 spiro atoms. The van der Waals surface area contributed by atoms with Crippen molar-refractivity contribution >= 4 is 34.3 Å². The molecule has 4 heterocycles. The molecule has 1 saturated heterocycles. The number of aryl methyl sites for hydroxylation is 1. The fraction of sp³-hybridized carbons (Fsp3) is 0.226. The van der Waals surface area contributed by atoms with Gasteiger partial charge in [0, 0.05) is 51.7 Å². The van der Waals surface area contributed by atoms with Crippen molar-refractivity contribution in [1.82, 2.24) is 24.8 Å². The smallest absolute Gasteiger partial charge is 0.260 e. The van der Waals surface area contributed by atoms with Crippen LogP contribution in [0.5, 0.6) is 0 Å². The van der Waals surface area contributed by atoms with Crippen LogP contribution in [0, 0.1) is 5.95 Å². The summed E-state index contributed by atoms with van der Waals surface area (Å²) in [5.74, 6) is 0.420. The molecule has 0 saturated carbocycles. The second-order valence-corrected chi connectivity index (χ2v) is 10.3. The zero-order chi connectivity index (χ0) is 27.6. The summed E-state index contributed by atoms with van der Waals surface area (Å²) in [6.45, 7) is 4.43. The van der Waals surface area contributed by atoms with Crippen LogP contribution in [0.2, 0.25) is 5.02 Å². The van der Waals surface area contributed by atoms with Gasteiger partial charge in [0.25, 0.3) is 5.56 Å². The number of rotatable bonds is 6. The summed E-state index contributed by atoms with van der Waals surface area (Å²) < 4.78 is 15.8. The van der Waals surface area contributed by atoms with Gasteiger partial charge in [0.1, 0.15) is 5.65 Å². The molecule has 6 rings (SSSR count). The van der Waals surface area contributed by atoms with E-state index in [1.807, 2.05) is 19.1 Å². The molecule has 202 valence electrons. The third-order valence-corrected chi connectivity index (χ3v) is 7.76. The van der Waals surface area contributed by atoms with E-state index in [9.17, 15) is 9.18 Å². The van der Waals surface area contributed by atoms with E-state index in [4.69, 9.17) is 11.6 Å². The van der Waals surface area contributed by atoms with Gasteiger partial charge in [-0.25, -0.2) is 9.97 Å². The zero-order valence-corrected chi connectivity index (χ0v) is 22.8. The van der Waals surface area contributed by atoms with Crippen molar-refractivity contribution in [3.63, 3.8) is 0 Å². The van der Waals surface area contributed by atoms with Crippen LogP contribution in [0.4, 0.5) is 16.0 Å². The Bertz CT molecular complexity index is 1750. The lowest BCUT2D eigenvalue weighted by molar-refractivity contribution is 0.460. The van der Waals surface area contributed by atoms with Crippen LogP contribution < -0.4 is 16.2 Å². The maximum atomic E-state index is 14.2. The number of hydrogen-bond donors (Lipinski definition) is 2. The third kappa shape index (κ3) is 5.08. The first-order chi connectivity index (χ1) is 19.5. The number of anilines is 2. The second-order valence-electron chi connectivity index (χ2n) is 9.89. The van der Waals surface area contributed by atoms with E-state index in [0.717, 1.165) is 31.6 Å². The molecule has 40 heavy (non-hydrogen) atoms. The molecule has 1 fully saturated rings. The summed E-state index contributed by atoms with van der Waals surface area (Å²) in [6.07, 6.45) is 5.40. The molecule has 5 aromatic rings. The Morgan fingerprint density at radius 2 is 1.82 bits per heavy atom. The molecule has 3 aromatic heterocycles. The van der Waals surface area contributed by atoms with E-state index >= 15 is 0 Å². The van der Waals surface area contributed by atoms with Crippen molar-refractivity contribution < 1.29 is 4.39 Å². The summed E-state index contributed by atoms with van der Waals surface area (Å²) in [7, 11) is 0. The number of aromatic nitrogens is 4. The first-order valence-electron chi connectivity index (χ1n) is 13.4. The Kier molecular flexibility index (Phi) is 7.28. The Labute approximate surface area is 236 Å². The highest BCUT2D eigenvalue weighted by Crippen LogP contribution is 2.33. The lowest BCUT2D eigenvalue weighted by Crippen LogP contribution is -2.26. The first kappa shape index (κ1) is 26.1. The lowest BCUT2D eigenvalue weighted by Gasteiger charge is -2.23. The fourth-order valence-electron chi connectivity index (χ4n) is 5.33. The molecule has 0 atom stereocenters. The van der Waals surface area contributed by atoms with Gasteiger partial charge in [0.05, 0.1) is 0 Å². The first-order valence-corrected chi connectivity index (χ1v) is 13.8. The van der Waals surface area contributed by atoms with Crippen molar-refractivity contribution in [2.24, 2.45) is 0 Å². The van der Waals surface area contributed by atoms with Crippen LogP contribution in [0.25, 0.3) is 33.3 Å². The Balaban J connectivity index is 1.31. The van der Waals surface area contributed by atoms with Crippen LogP contribution in [0.1, 0.15) is 31.2 Å². The van der Waals surface area contributed by atoms with Crippen LogP contribution >= 0.6 is 11.6 Å². The quantitative estimate of drug-likeness (QED) is 0.232. The van der Waals surface area contributed by atoms with E-state index in [0.29, 0.717) is 56.7 Å². The van der Waals surface area contributed by atoms with E-state index in [2.05, 4.69) is 37.7 Å².